The molecule has 8 heteroatoms. The molecule has 0 radical (unpaired) electrons. The van der Waals surface area contributed by atoms with Crippen LogP contribution in [0.4, 0.5) is 10.2 Å². The van der Waals surface area contributed by atoms with E-state index in [4.69, 9.17) is 10.5 Å². The van der Waals surface area contributed by atoms with Crippen LogP contribution in [0.2, 0.25) is 0 Å². The van der Waals surface area contributed by atoms with Gasteiger partial charge in [-0.05, 0) is 25.8 Å². The van der Waals surface area contributed by atoms with Crippen molar-refractivity contribution in [3.05, 3.63) is 18.1 Å². The van der Waals surface area contributed by atoms with Crippen molar-refractivity contribution in [3.63, 3.8) is 0 Å². The number of hydrogen-bond donors (Lipinski definition) is 3. The Morgan fingerprint density at radius 2 is 2.22 bits per heavy atom. The zero-order chi connectivity index (χ0) is 16.9. The summed E-state index contributed by atoms with van der Waals surface area (Å²) in [6.45, 7) is 4.66. The highest BCUT2D eigenvalue weighted by Crippen LogP contribution is 2.44. The molecule has 0 saturated carbocycles. The van der Waals surface area contributed by atoms with Crippen LogP contribution in [0.15, 0.2) is 12.5 Å². The summed E-state index contributed by atoms with van der Waals surface area (Å²) >= 11 is 0. The Bertz CT molecular complexity index is 731. The van der Waals surface area contributed by atoms with E-state index in [9.17, 15) is 10.2 Å². The number of anilines is 1. The molecule has 1 aliphatic rings. The third-order valence-corrected chi connectivity index (χ3v) is 4.48. The molecule has 1 saturated heterocycles. The van der Waals surface area contributed by atoms with E-state index < -0.39 is 30.2 Å². The van der Waals surface area contributed by atoms with Gasteiger partial charge in [0.1, 0.15) is 30.0 Å². The number of fused-ring (bicyclic) bond motifs is 1. The van der Waals surface area contributed by atoms with Crippen molar-refractivity contribution in [2.45, 2.75) is 57.4 Å². The smallest absolute Gasteiger partial charge is 0.181 e. The Labute approximate surface area is 132 Å². The summed E-state index contributed by atoms with van der Waals surface area (Å²) in [5.41, 5.74) is 5.16. The van der Waals surface area contributed by atoms with Crippen LogP contribution < -0.4 is 5.73 Å². The number of nitrogen functional groups attached to an aromatic ring is 1. The largest absolute Gasteiger partial charge is 0.391 e. The maximum absolute atomic E-state index is 15.1. The van der Waals surface area contributed by atoms with Gasteiger partial charge in [-0.25, -0.2) is 14.4 Å². The number of aromatic nitrogens is 3. The first kappa shape index (κ1) is 16.1. The first-order valence-electron chi connectivity index (χ1n) is 7.59. The number of nitrogens with two attached hydrogens (primary N) is 1. The van der Waals surface area contributed by atoms with Gasteiger partial charge in [0.05, 0.1) is 11.5 Å². The van der Waals surface area contributed by atoms with Gasteiger partial charge in [-0.2, -0.15) is 0 Å². The molecule has 0 aromatic carbocycles. The standard InChI is InChI=1S/C15H21FN4O3/c1-4-8-5-20(13-9(8)12(17)18-6-19-13)14-15(3,16)11(22)10(23-14)7(2)21/h5-7,10-11,14,21-22H,4H2,1-3H3,(H2,17,18,19). The Hall–Kier alpha value is -1.77. The molecule has 126 valence electrons. The van der Waals surface area contributed by atoms with E-state index in [1.165, 1.54) is 24.7 Å². The summed E-state index contributed by atoms with van der Waals surface area (Å²) in [5, 5.41) is 20.6. The van der Waals surface area contributed by atoms with Crippen molar-refractivity contribution < 1.29 is 19.3 Å². The number of ether oxygens (including phenoxy) is 1. The number of alkyl halides is 1. The van der Waals surface area contributed by atoms with Crippen LogP contribution in [0, 0.1) is 0 Å². The van der Waals surface area contributed by atoms with Crippen LogP contribution in [-0.4, -0.2) is 48.7 Å². The number of rotatable bonds is 3. The minimum Gasteiger partial charge on any atom is -0.391 e. The van der Waals surface area contributed by atoms with Crippen molar-refractivity contribution in [2.24, 2.45) is 0 Å². The quantitative estimate of drug-likeness (QED) is 0.776. The number of nitrogens with zero attached hydrogens (tertiary/aromatic N) is 3. The average Bonchev–Trinajstić information content (AvgIpc) is 2.97. The summed E-state index contributed by atoms with van der Waals surface area (Å²) in [7, 11) is 0. The molecule has 4 N–H and O–H groups in total. The maximum atomic E-state index is 15.1. The van der Waals surface area contributed by atoms with Gasteiger partial charge in [0.2, 0.25) is 0 Å². The van der Waals surface area contributed by atoms with E-state index in [1.807, 2.05) is 6.92 Å². The second-order valence-corrected chi connectivity index (χ2v) is 6.16. The fraction of sp³-hybridized carbons (Fsp3) is 0.600. The molecule has 0 aliphatic carbocycles. The highest BCUT2D eigenvalue weighted by Gasteiger charge is 2.56. The lowest BCUT2D eigenvalue weighted by Gasteiger charge is -2.25. The van der Waals surface area contributed by atoms with Gasteiger partial charge in [0.15, 0.2) is 11.9 Å². The molecule has 5 atom stereocenters. The predicted octanol–water partition coefficient (Wildman–Crippen LogP) is 0.943. The molecule has 2 aromatic rings. The number of hydrogen-bond acceptors (Lipinski definition) is 6. The molecule has 3 rings (SSSR count). The SMILES string of the molecule is CCc1cn(C2OC(C(C)O)C(O)C2(C)F)c2ncnc(N)c12. The lowest BCUT2D eigenvalue weighted by Crippen LogP contribution is -2.42. The number of aliphatic hydroxyl groups excluding tert-OH is 2. The van der Waals surface area contributed by atoms with E-state index in [0.29, 0.717) is 23.3 Å². The Morgan fingerprint density at radius 1 is 1.52 bits per heavy atom. The van der Waals surface area contributed by atoms with Crippen molar-refractivity contribution in [1.82, 2.24) is 14.5 Å². The zero-order valence-corrected chi connectivity index (χ0v) is 13.3. The molecule has 0 bridgehead atoms. The van der Waals surface area contributed by atoms with Gasteiger partial charge in [-0.1, -0.05) is 6.92 Å². The van der Waals surface area contributed by atoms with Gasteiger partial charge in [-0.3, -0.25) is 0 Å². The lowest BCUT2D eigenvalue weighted by molar-refractivity contribution is -0.0794. The summed E-state index contributed by atoms with van der Waals surface area (Å²) in [5.74, 6) is 0.316. The third kappa shape index (κ3) is 2.29. The van der Waals surface area contributed by atoms with Crippen LogP contribution in [-0.2, 0) is 11.2 Å². The molecular formula is C15H21FN4O3. The molecule has 7 nitrogen and oxygen atoms in total. The summed E-state index contributed by atoms with van der Waals surface area (Å²) in [6.07, 6.45) is -0.896. The van der Waals surface area contributed by atoms with Crippen LogP contribution in [0.3, 0.4) is 0 Å². The average molecular weight is 324 g/mol. The number of aryl methyl sites for hydroxylation is 1. The van der Waals surface area contributed by atoms with Crippen molar-refractivity contribution in [3.8, 4) is 0 Å². The molecule has 2 aromatic heterocycles. The van der Waals surface area contributed by atoms with Crippen LogP contribution in [0.5, 0.6) is 0 Å². The molecule has 0 amide bonds. The van der Waals surface area contributed by atoms with Crippen LogP contribution in [0.1, 0.15) is 32.6 Å². The Balaban J connectivity index is 2.16. The van der Waals surface area contributed by atoms with E-state index >= 15 is 4.39 Å². The first-order chi connectivity index (χ1) is 10.8. The fourth-order valence-corrected chi connectivity index (χ4v) is 3.17. The highest BCUT2D eigenvalue weighted by atomic mass is 19.1. The topological polar surface area (TPSA) is 106 Å². The van der Waals surface area contributed by atoms with Gasteiger partial charge >= 0.3 is 0 Å². The molecule has 0 spiro atoms. The summed E-state index contributed by atoms with van der Waals surface area (Å²) < 4.78 is 22.3. The molecule has 23 heavy (non-hydrogen) atoms. The Kier molecular flexibility index (Phi) is 3.78. The summed E-state index contributed by atoms with van der Waals surface area (Å²) in [6, 6.07) is 0. The summed E-state index contributed by atoms with van der Waals surface area (Å²) in [4.78, 5) is 8.18. The minimum absolute atomic E-state index is 0.316. The van der Waals surface area contributed by atoms with Gasteiger partial charge in [-0.15, -0.1) is 0 Å². The molecule has 1 fully saturated rings. The van der Waals surface area contributed by atoms with Crippen LogP contribution >= 0.6 is 0 Å². The molecule has 3 heterocycles. The molecular weight excluding hydrogens is 303 g/mol. The number of aliphatic hydroxyl groups is 2. The van der Waals surface area contributed by atoms with E-state index in [-0.39, 0.29) is 0 Å². The lowest BCUT2D eigenvalue weighted by atomic mass is 9.96. The molecule has 1 aliphatic heterocycles. The zero-order valence-electron chi connectivity index (χ0n) is 13.3. The normalized spacial score (nSPS) is 32.5. The third-order valence-electron chi connectivity index (χ3n) is 4.48. The first-order valence-corrected chi connectivity index (χ1v) is 7.59. The monoisotopic (exact) mass is 324 g/mol. The van der Waals surface area contributed by atoms with E-state index in [0.717, 1.165) is 5.56 Å². The van der Waals surface area contributed by atoms with Gasteiger partial charge < -0.3 is 25.3 Å². The second-order valence-electron chi connectivity index (χ2n) is 6.16. The molecule has 5 unspecified atom stereocenters. The van der Waals surface area contributed by atoms with Gasteiger partial charge in [0.25, 0.3) is 0 Å². The Morgan fingerprint density at radius 3 is 2.78 bits per heavy atom. The van der Waals surface area contributed by atoms with Crippen LogP contribution in [0.25, 0.3) is 11.0 Å². The number of halogens is 1. The second kappa shape index (κ2) is 5.40. The predicted molar refractivity (Wildman–Crippen MR) is 82.4 cm³/mol. The van der Waals surface area contributed by atoms with Crippen molar-refractivity contribution >= 4 is 16.9 Å². The van der Waals surface area contributed by atoms with Gasteiger partial charge in [0, 0.05) is 6.20 Å². The minimum atomic E-state index is -2.08. The highest BCUT2D eigenvalue weighted by molar-refractivity contribution is 5.89. The maximum Gasteiger partial charge on any atom is 0.181 e. The van der Waals surface area contributed by atoms with E-state index in [2.05, 4.69) is 9.97 Å². The van der Waals surface area contributed by atoms with Crippen molar-refractivity contribution in [1.29, 1.82) is 0 Å². The fourth-order valence-electron chi connectivity index (χ4n) is 3.17. The van der Waals surface area contributed by atoms with Crippen molar-refractivity contribution in [2.75, 3.05) is 5.73 Å². The van der Waals surface area contributed by atoms with E-state index in [1.54, 1.807) is 6.20 Å².